The van der Waals surface area contributed by atoms with Gasteiger partial charge >= 0.3 is 0 Å². The number of aryl methyl sites for hydroxylation is 1. The summed E-state index contributed by atoms with van der Waals surface area (Å²) in [5, 5.41) is 5.19. The predicted octanol–water partition coefficient (Wildman–Crippen LogP) is 3.75. The van der Waals surface area contributed by atoms with Gasteiger partial charge in [-0.1, -0.05) is 12.1 Å². The molecule has 0 aliphatic rings. The zero-order valence-corrected chi connectivity index (χ0v) is 14.2. The number of benzene rings is 2. The van der Waals surface area contributed by atoms with Crippen molar-refractivity contribution in [2.45, 2.75) is 6.92 Å². The number of anilines is 1. The topological polar surface area (TPSA) is 80.6 Å². The van der Waals surface area contributed by atoms with Crippen LogP contribution in [0.1, 0.15) is 16.1 Å². The Morgan fingerprint density at radius 1 is 1.00 bits per heavy atom. The van der Waals surface area contributed by atoms with E-state index in [1.54, 1.807) is 30.3 Å². The Hall–Kier alpha value is -3.54. The van der Waals surface area contributed by atoms with E-state index in [9.17, 15) is 9.59 Å². The smallest absolute Gasteiger partial charge is 0.287 e. The summed E-state index contributed by atoms with van der Waals surface area (Å²) in [4.78, 5) is 23.6. The number of amides is 2. The van der Waals surface area contributed by atoms with E-state index in [1.807, 2.05) is 31.2 Å². The number of hydrogen-bond donors (Lipinski definition) is 2. The van der Waals surface area contributed by atoms with Crippen molar-refractivity contribution in [2.24, 2.45) is 0 Å². The molecule has 6 heteroatoms. The molecule has 0 atom stereocenters. The van der Waals surface area contributed by atoms with Gasteiger partial charge in [-0.3, -0.25) is 9.59 Å². The second-order valence-electron chi connectivity index (χ2n) is 5.65. The molecule has 0 saturated heterocycles. The van der Waals surface area contributed by atoms with E-state index in [0.717, 1.165) is 11.3 Å². The largest absolute Gasteiger partial charge is 0.459 e. The lowest BCUT2D eigenvalue weighted by Gasteiger charge is -2.09. The van der Waals surface area contributed by atoms with Gasteiger partial charge in [-0.15, -0.1) is 0 Å². The van der Waals surface area contributed by atoms with E-state index in [-0.39, 0.29) is 18.2 Å². The van der Waals surface area contributed by atoms with Crippen LogP contribution in [-0.2, 0) is 4.79 Å². The SMILES string of the molecule is Cc1cccc(Oc2ccc(NC(=O)CNC(=O)c3ccco3)cc2)c1. The van der Waals surface area contributed by atoms with Gasteiger partial charge in [-0.05, 0) is 61.0 Å². The molecule has 0 unspecified atom stereocenters. The monoisotopic (exact) mass is 350 g/mol. The highest BCUT2D eigenvalue weighted by atomic mass is 16.5. The van der Waals surface area contributed by atoms with Crippen LogP contribution < -0.4 is 15.4 Å². The first-order valence-corrected chi connectivity index (χ1v) is 8.06. The molecule has 0 fully saturated rings. The van der Waals surface area contributed by atoms with Crippen LogP contribution in [-0.4, -0.2) is 18.4 Å². The highest BCUT2D eigenvalue weighted by Crippen LogP contribution is 2.23. The minimum atomic E-state index is -0.438. The maximum Gasteiger partial charge on any atom is 0.287 e. The fourth-order valence-corrected chi connectivity index (χ4v) is 2.28. The Bertz CT molecular complexity index is 886. The molecule has 0 saturated carbocycles. The number of carbonyl (C=O) groups is 2. The lowest BCUT2D eigenvalue weighted by Crippen LogP contribution is -2.32. The third kappa shape index (κ3) is 4.73. The van der Waals surface area contributed by atoms with Crippen molar-refractivity contribution in [3.63, 3.8) is 0 Å². The normalized spacial score (nSPS) is 10.2. The van der Waals surface area contributed by atoms with Gasteiger partial charge in [-0.25, -0.2) is 0 Å². The predicted molar refractivity (Wildman–Crippen MR) is 97.4 cm³/mol. The molecule has 3 aromatic rings. The van der Waals surface area contributed by atoms with Crippen LogP contribution in [0.15, 0.2) is 71.3 Å². The van der Waals surface area contributed by atoms with Gasteiger partial charge in [0, 0.05) is 5.69 Å². The van der Waals surface area contributed by atoms with E-state index in [1.165, 1.54) is 12.3 Å². The van der Waals surface area contributed by atoms with Crippen molar-refractivity contribution in [3.8, 4) is 11.5 Å². The van der Waals surface area contributed by atoms with Crippen LogP contribution in [0.4, 0.5) is 5.69 Å². The summed E-state index contributed by atoms with van der Waals surface area (Å²) in [6, 6.07) is 17.9. The lowest BCUT2D eigenvalue weighted by molar-refractivity contribution is -0.115. The molecule has 1 aromatic heterocycles. The zero-order chi connectivity index (χ0) is 18.4. The number of furan rings is 1. The summed E-state index contributed by atoms with van der Waals surface area (Å²) in [5.41, 5.74) is 1.72. The molecule has 1 heterocycles. The average molecular weight is 350 g/mol. The Balaban J connectivity index is 1.50. The van der Waals surface area contributed by atoms with Gasteiger partial charge in [0.15, 0.2) is 5.76 Å². The maximum atomic E-state index is 11.9. The molecule has 132 valence electrons. The number of nitrogens with one attached hydrogen (secondary N) is 2. The van der Waals surface area contributed by atoms with E-state index >= 15 is 0 Å². The molecule has 6 nitrogen and oxygen atoms in total. The molecule has 0 aliphatic carbocycles. The van der Waals surface area contributed by atoms with Gasteiger partial charge in [-0.2, -0.15) is 0 Å². The van der Waals surface area contributed by atoms with Crippen LogP contribution in [0.25, 0.3) is 0 Å². The van der Waals surface area contributed by atoms with Gasteiger partial charge in [0.1, 0.15) is 11.5 Å². The Morgan fingerprint density at radius 2 is 1.81 bits per heavy atom. The molecule has 26 heavy (non-hydrogen) atoms. The first-order valence-electron chi connectivity index (χ1n) is 8.06. The molecule has 2 N–H and O–H groups in total. The van der Waals surface area contributed by atoms with Gasteiger partial charge in [0.05, 0.1) is 12.8 Å². The van der Waals surface area contributed by atoms with E-state index < -0.39 is 5.91 Å². The fourth-order valence-electron chi connectivity index (χ4n) is 2.28. The van der Waals surface area contributed by atoms with Crippen LogP contribution in [0.3, 0.4) is 0 Å². The number of ether oxygens (including phenoxy) is 1. The van der Waals surface area contributed by atoms with Crippen LogP contribution in [0.5, 0.6) is 11.5 Å². The van der Waals surface area contributed by atoms with Crippen molar-refractivity contribution >= 4 is 17.5 Å². The second kappa shape index (κ2) is 8.02. The molecular formula is C20H18N2O4. The Kier molecular flexibility index (Phi) is 5.34. The molecule has 2 amide bonds. The fraction of sp³-hybridized carbons (Fsp3) is 0.100. The third-order valence-electron chi connectivity index (χ3n) is 3.52. The Morgan fingerprint density at radius 3 is 2.50 bits per heavy atom. The van der Waals surface area contributed by atoms with Crippen LogP contribution in [0.2, 0.25) is 0 Å². The summed E-state index contributed by atoms with van der Waals surface area (Å²) in [6.07, 6.45) is 1.40. The summed E-state index contributed by atoms with van der Waals surface area (Å²) >= 11 is 0. The first kappa shape index (κ1) is 17.3. The quantitative estimate of drug-likeness (QED) is 0.709. The summed E-state index contributed by atoms with van der Waals surface area (Å²) < 4.78 is 10.7. The van der Waals surface area contributed by atoms with Gasteiger partial charge in [0.2, 0.25) is 5.91 Å². The van der Waals surface area contributed by atoms with Crippen molar-refractivity contribution in [1.29, 1.82) is 0 Å². The summed E-state index contributed by atoms with van der Waals surface area (Å²) in [7, 11) is 0. The molecule has 3 rings (SSSR count). The first-order chi connectivity index (χ1) is 12.6. The molecule has 0 spiro atoms. The third-order valence-corrected chi connectivity index (χ3v) is 3.52. The second-order valence-corrected chi connectivity index (χ2v) is 5.65. The van der Waals surface area contributed by atoms with E-state index in [2.05, 4.69) is 10.6 Å². The van der Waals surface area contributed by atoms with Crippen molar-refractivity contribution in [2.75, 3.05) is 11.9 Å². The summed E-state index contributed by atoms with van der Waals surface area (Å²) in [5.74, 6) is 0.807. The number of carbonyl (C=O) groups excluding carboxylic acids is 2. The molecule has 0 aliphatic heterocycles. The van der Waals surface area contributed by atoms with Gasteiger partial charge < -0.3 is 19.8 Å². The minimum absolute atomic E-state index is 0.152. The number of rotatable bonds is 6. The molecule has 0 radical (unpaired) electrons. The van der Waals surface area contributed by atoms with Crippen molar-refractivity contribution in [3.05, 3.63) is 78.3 Å². The summed E-state index contributed by atoms with van der Waals surface area (Å²) in [6.45, 7) is 1.84. The number of hydrogen-bond acceptors (Lipinski definition) is 4. The van der Waals surface area contributed by atoms with Crippen LogP contribution >= 0.6 is 0 Å². The van der Waals surface area contributed by atoms with E-state index in [0.29, 0.717) is 11.4 Å². The van der Waals surface area contributed by atoms with Gasteiger partial charge in [0.25, 0.3) is 5.91 Å². The van der Waals surface area contributed by atoms with Crippen LogP contribution in [0, 0.1) is 6.92 Å². The van der Waals surface area contributed by atoms with E-state index in [4.69, 9.17) is 9.15 Å². The standard InChI is InChI=1S/C20H18N2O4/c1-14-4-2-5-17(12-14)26-16-9-7-15(8-10-16)22-19(23)13-21-20(24)18-6-3-11-25-18/h2-12H,13H2,1H3,(H,21,24)(H,22,23). The molecule has 2 aromatic carbocycles. The average Bonchev–Trinajstić information content (AvgIpc) is 3.16. The highest BCUT2D eigenvalue weighted by Gasteiger charge is 2.10. The molecular weight excluding hydrogens is 332 g/mol. The highest BCUT2D eigenvalue weighted by molar-refractivity contribution is 5.98. The zero-order valence-electron chi connectivity index (χ0n) is 14.2. The van der Waals surface area contributed by atoms with Crippen molar-refractivity contribution in [1.82, 2.24) is 5.32 Å². The lowest BCUT2D eigenvalue weighted by atomic mass is 10.2. The van der Waals surface area contributed by atoms with Crippen molar-refractivity contribution < 1.29 is 18.7 Å². The maximum absolute atomic E-state index is 11.9. The minimum Gasteiger partial charge on any atom is -0.459 e. The Labute approximate surface area is 150 Å². The molecule has 0 bridgehead atoms.